The van der Waals surface area contributed by atoms with Gasteiger partial charge in [0.05, 0.1) is 12.1 Å². The molecule has 0 atom stereocenters. The summed E-state index contributed by atoms with van der Waals surface area (Å²) in [6, 6.07) is 10.3. The van der Waals surface area contributed by atoms with E-state index in [0.717, 1.165) is 22.0 Å². The summed E-state index contributed by atoms with van der Waals surface area (Å²) in [5.74, 6) is 1.13. The van der Waals surface area contributed by atoms with Gasteiger partial charge in [0.15, 0.2) is 0 Å². The van der Waals surface area contributed by atoms with Crippen LogP contribution in [0.1, 0.15) is 42.4 Å². The van der Waals surface area contributed by atoms with Gasteiger partial charge in [-0.1, -0.05) is 18.2 Å². The molecule has 1 aliphatic heterocycles. The van der Waals surface area contributed by atoms with Crippen LogP contribution in [0.2, 0.25) is 0 Å². The maximum atomic E-state index is 12.7. The Kier molecular flexibility index (Phi) is 4.81. The largest absolute Gasteiger partial charge is 0.365 e. The fraction of sp³-hybridized carbons (Fsp3) is 0.333. The van der Waals surface area contributed by atoms with Gasteiger partial charge in [-0.05, 0) is 38.5 Å². The van der Waals surface area contributed by atoms with Crippen LogP contribution in [0.3, 0.4) is 0 Å². The number of hydrogen-bond acceptors (Lipinski definition) is 6. The molecule has 3 heterocycles. The van der Waals surface area contributed by atoms with Crippen LogP contribution in [-0.4, -0.2) is 38.3 Å². The second-order valence-electron chi connectivity index (χ2n) is 7.17. The van der Waals surface area contributed by atoms with Crippen LogP contribution in [0.5, 0.6) is 0 Å². The smallest absolute Gasteiger partial charge is 0.273 e. The van der Waals surface area contributed by atoms with Crippen molar-refractivity contribution >= 4 is 28.6 Å². The number of benzene rings is 1. The number of carbonyl (C=O) groups excluding carboxylic acids is 1. The lowest BCUT2D eigenvalue weighted by atomic mass is 10.1. The van der Waals surface area contributed by atoms with E-state index >= 15 is 0 Å². The molecule has 2 aromatic heterocycles. The molecule has 1 aliphatic rings. The van der Waals surface area contributed by atoms with Gasteiger partial charge in [-0.15, -0.1) is 0 Å². The molecule has 1 aromatic carbocycles. The first-order valence-corrected chi connectivity index (χ1v) is 9.60. The van der Waals surface area contributed by atoms with Crippen molar-refractivity contribution in [1.82, 2.24) is 19.9 Å². The van der Waals surface area contributed by atoms with Crippen molar-refractivity contribution in [2.45, 2.75) is 39.9 Å². The number of hydrogen-bond donors (Lipinski definition) is 2. The van der Waals surface area contributed by atoms with Gasteiger partial charge in [-0.25, -0.2) is 4.98 Å². The van der Waals surface area contributed by atoms with Crippen molar-refractivity contribution in [2.24, 2.45) is 0 Å². The Labute approximate surface area is 164 Å². The first-order valence-electron chi connectivity index (χ1n) is 9.60. The third-order valence-corrected chi connectivity index (χ3v) is 4.86. The number of fused-ring (bicyclic) bond motifs is 2. The lowest BCUT2D eigenvalue weighted by molar-refractivity contribution is 0.0726. The second kappa shape index (κ2) is 7.42. The van der Waals surface area contributed by atoms with Gasteiger partial charge in [0.2, 0.25) is 5.95 Å². The number of anilines is 2. The molecule has 1 amide bonds. The Morgan fingerprint density at radius 3 is 2.79 bits per heavy atom. The predicted octanol–water partition coefficient (Wildman–Crippen LogP) is 3.43. The number of rotatable bonds is 6. The summed E-state index contributed by atoms with van der Waals surface area (Å²) in [4.78, 5) is 28.1. The highest BCUT2D eigenvalue weighted by Crippen LogP contribution is 2.29. The Bertz CT molecular complexity index is 1030. The van der Waals surface area contributed by atoms with Crippen LogP contribution in [0.15, 0.2) is 36.5 Å². The summed E-state index contributed by atoms with van der Waals surface area (Å²) in [7, 11) is 0. The summed E-state index contributed by atoms with van der Waals surface area (Å²) in [6.45, 7) is 7.79. The van der Waals surface area contributed by atoms with Crippen molar-refractivity contribution < 1.29 is 4.79 Å². The predicted molar refractivity (Wildman–Crippen MR) is 110 cm³/mol. The molecule has 0 spiro atoms. The minimum absolute atomic E-state index is 0.0398. The third kappa shape index (κ3) is 3.35. The molecule has 0 aliphatic carbocycles. The molecule has 3 aromatic rings. The zero-order valence-corrected chi connectivity index (χ0v) is 16.4. The van der Waals surface area contributed by atoms with Crippen LogP contribution in [0, 0.1) is 0 Å². The van der Waals surface area contributed by atoms with E-state index in [1.807, 2.05) is 50.1 Å². The Balaban J connectivity index is 1.63. The first kappa shape index (κ1) is 18.2. The van der Waals surface area contributed by atoms with Crippen molar-refractivity contribution in [1.29, 1.82) is 0 Å². The van der Waals surface area contributed by atoms with E-state index in [0.29, 0.717) is 37.1 Å². The SMILES string of the molecule is CCNc1nc(NCc2cnc3ccccc3c2)c2c(n1)C(=O)N(C(C)C)C2. The molecular weight excluding hydrogens is 352 g/mol. The van der Waals surface area contributed by atoms with E-state index < -0.39 is 0 Å². The molecular formula is C21H24N6O. The lowest BCUT2D eigenvalue weighted by Gasteiger charge is -2.19. The van der Waals surface area contributed by atoms with Gasteiger partial charge in [0.25, 0.3) is 5.91 Å². The summed E-state index contributed by atoms with van der Waals surface area (Å²) >= 11 is 0. The Morgan fingerprint density at radius 1 is 1.18 bits per heavy atom. The van der Waals surface area contributed by atoms with Gasteiger partial charge in [0.1, 0.15) is 11.5 Å². The third-order valence-electron chi connectivity index (χ3n) is 4.86. The van der Waals surface area contributed by atoms with Crippen LogP contribution < -0.4 is 10.6 Å². The van der Waals surface area contributed by atoms with E-state index in [4.69, 9.17) is 0 Å². The zero-order valence-electron chi connectivity index (χ0n) is 16.4. The number of para-hydroxylation sites is 1. The molecule has 7 heteroatoms. The van der Waals surface area contributed by atoms with Crippen LogP contribution in [0.25, 0.3) is 10.9 Å². The highest BCUT2D eigenvalue weighted by molar-refractivity contribution is 5.98. The van der Waals surface area contributed by atoms with Crippen LogP contribution in [0.4, 0.5) is 11.8 Å². The standard InChI is InChI=1S/C21H24N6O/c1-4-22-21-25-18-16(12-27(13(2)3)20(18)28)19(26-21)24-11-14-9-15-7-5-6-8-17(15)23-10-14/h5-10,13H,4,11-12H2,1-3H3,(H2,22,24,25,26). The number of pyridine rings is 1. The highest BCUT2D eigenvalue weighted by Gasteiger charge is 2.34. The van der Waals surface area contributed by atoms with Gasteiger partial charge in [-0.2, -0.15) is 4.98 Å². The van der Waals surface area contributed by atoms with Crippen LogP contribution in [-0.2, 0) is 13.1 Å². The maximum Gasteiger partial charge on any atom is 0.273 e. The number of aromatic nitrogens is 3. The minimum atomic E-state index is -0.0398. The molecule has 7 nitrogen and oxygen atoms in total. The average molecular weight is 376 g/mol. The van der Waals surface area contributed by atoms with E-state index in [1.54, 1.807) is 0 Å². The number of carbonyl (C=O) groups is 1. The number of amides is 1. The fourth-order valence-corrected chi connectivity index (χ4v) is 3.39. The van der Waals surface area contributed by atoms with Crippen LogP contribution >= 0.6 is 0 Å². The second-order valence-corrected chi connectivity index (χ2v) is 7.17. The molecule has 0 radical (unpaired) electrons. The van der Waals surface area contributed by atoms with Gasteiger partial charge in [-0.3, -0.25) is 9.78 Å². The molecule has 0 unspecified atom stereocenters. The van der Waals surface area contributed by atoms with Crippen molar-refractivity contribution in [3.63, 3.8) is 0 Å². The van der Waals surface area contributed by atoms with E-state index in [1.165, 1.54) is 0 Å². The van der Waals surface area contributed by atoms with Crippen molar-refractivity contribution in [2.75, 3.05) is 17.2 Å². The molecule has 0 bridgehead atoms. The lowest BCUT2D eigenvalue weighted by Crippen LogP contribution is -2.31. The fourth-order valence-electron chi connectivity index (χ4n) is 3.39. The Morgan fingerprint density at radius 2 is 2.00 bits per heavy atom. The molecule has 0 saturated carbocycles. The first-order chi connectivity index (χ1) is 13.6. The number of nitrogens with zero attached hydrogens (tertiary/aromatic N) is 4. The average Bonchev–Trinajstić information content (AvgIpc) is 3.03. The molecule has 4 rings (SSSR count). The van der Waals surface area contributed by atoms with E-state index in [2.05, 4.69) is 37.7 Å². The van der Waals surface area contributed by atoms with Crippen molar-refractivity contribution in [3.05, 3.63) is 53.3 Å². The molecule has 2 N–H and O–H groups in total. The summed E-state index contributed by atoms with van der Waals surface area (Å²) in [5, 5.41) is 7.62. The monoisotopic (exact) mass is 376 g/mol. The normalized spacial score (nSPS) is 13.3. The summed E-state index contributed by atoms with van der Waals surface area (Å²) in [5.41, 5.74) is 3.37. The quantitative estimate of drug-likeness (QED) is 0.686. The van der Waals surface area contributed by atoms with E-state index in [-0.39, 0.29) is 11.9 Å². The van der Waals surface area contributed by atoms with Gasteiger partial charge < -0.3 is 15.5 Å². The van der Waals surface area contributed by atoms with E-state index in [9.17, 15) is 4.79 Å². The maximum absolute atomic E-state index is 12.7. The highest BCUT2D eigenvalue weighted by atomic mass is 16.2. The molecule has 144 valence electrons. The molecule has 28 heavy (non-hydrogen) atoms. The topological polar surface area (TPSA) is 83.0 Å². The van der Waals surface area contributed by atoms with Gasteiger partial charge in [0, 0.05) is 36.3 Å². The summed E-state index contributed by atoms with van der Waals surface area (Å²) < 4.78 is 0. The Hall–Kier alpha value is -3.22. The summed E-state index contributed by atoms with van der Waals surface area (Å²) in [6.07, 6.45) is 1.87. The number of nitrogens with one attached hydrogen (secondary N) is 2. The van der Waals surface area contributed by atoms with Crippen molar-refractivity contribution in [3.8, 4) is 0 Å². The molecule has 0 saturated heterocycles. The van der Waals surface area contributed by atoms with Gasteiger partial charge >= 0.3 is 0 Å². The molecule has 0 fully saturated rings. The zero-order chi connectivity index (χ0) is 19.7. The minimum Gasteiger partial charge on any atom is -0.365 e.